The molecule has 2 N–H and O–H groups in total. The lowest BCUT2D eigenvalue weighted by atomic mass is 10.1. The number of carbonyl (C=O) groups excluding carboxylic acids is 3. The van der Waals surface area contributed by atoms with Crippen LogP contribution >= 0.6 is 34.5 Å². The molecule has 0 radical (unpaired) electrons. The summed E-state index contributed by atoms with van der Waals surface area (Å²) in [5, 5.41) is 12.2. The molecular weight excluding hydrogens is 441 g/mol. The molecular formula is C19H19Cl2NO6S. The number of aromatic hydroxyl groups is 1. The van der Waals surface area contributed by atoms with Crippen LogP contribution in [-0.4, -0.2) is 36.2 Å². The molecule has 0 fully saturated rings. The Labute approximate surface area is 181 Å². The molecule has 0 aliphatic carbocycles. The molecule has 0 atom stereocenters. The molecule has 0 saturated heterocycles. The number of esters is 2. The Kier molecular flexibility index (Phi) is 7.89. The fraction of sp³-hybridized carbons (Fsp3) is 0.316. The first-order chi connectivity index (χ1) is 13.7. The minimum atomic E-state index is -0.659. The van der Waals surface area contributed by atoms with Gasteiger partial charge in [0.15, 0.2) is 5.75 Å². The normalized spacial score (nSPS) is 10.5. The van der Waals surface area contributed by atoms with Crippen molar-refractivity contribution in [1.29, 1.82) is 0 Å². The molecule has 1 aromatic heterocycles. The van der Waals surface area contributed by atoms with Crippen molar-refractivity contribution in [3.63, 3.8) is 0 Å². The molecule has 0 spiro atoms. The third kappa shape index (κ3) is 5.01. The predicted octanol–water partition coefficient (Wildman–Crippen LogP) is 4.93. The molecule has 0 aliphatic heterocycles. The number of nitrogens with one attached hydrogen (secondary N) is 1. The van der Waals surface area contributed by atoms with Gasteiger partial charge in [-0.15, -0.1) is 11.3 Å². The lowest BCUT2D eigenvalue weighted by Gasteiger charge is -2.09. The first-order valence-corrected chi connectivity index (χ1v) is 10.3. The van der Waals surface area contributed by atoms with Crippen molar-refractivity contribution < 1.29 is 29.0 Å². The summed E-state index contributed by atoms with van der Waals surface area (Å²) < 4.78 is 10.2. The van der Waals surface area contributed by atoms with Crippen molar-refractivity contribution in [3.8, 4) is 5.75 Å². The molecule has 1 aromatic carbocycles. The van der Waals surface area contributed by atoms with Gasteiger partial charge in [-0.3, -0.25) is 4.79 Å². The number of amides is 1. The van der Waals surface area contributed by atoms with Crippen LogP contribution in [0.15, 0.2) is 12.1 Å². The molecule has 0 unspecified atom stereocenters. The summed E-state index contributed by atoms with van der Waals surface area (Å²) >= 11 is 12.7. The molecule has 1 amide bonds. The highest BCUT2D eigenvalue weighted by Gasteiger charge is 2.29. The Balaban J connectivity index is 2.51. The van der Waals surface area contributed by atoms with E-state index in [2.05, 4.69) is 5.32 Å². The molecule has 0 saturated carbocycles. The monoisotopic (exact) mass is 459 g/mol. The average molecular weight is 460 g/mol. The average Bonchev–Trinajstić information content (AvgIpc) is 3.04. The van der Waals surface area contributed by atoms with E-state index in [0.717, 1.165) is 11.3 Å². The minimum absolute atomic E-state index is 0.0664. The number of ether oxygens (including phenoxy) is 2. The zero-order chi connectivity index (χ0) is 21.7. The van der Waals surface area contributed by atoms with Crippen molar-refractivity contribution in [3.05, 3.63) is 43.7 Å². The predicted molar refractivity (Wildman–Crippen MR) is 112 cm³/mol. The third-order valence-corrected chi connectivity index (χ3v) is 5.51. The van der Waals surface area contributed by atoms with Crippen LogP contribution in [0.5, 0.6) is 5.75 Å². The summed E-state index contributed by atoms with van der Waals surface area (Å²) in [5.74, 6) is -2.21. The van der Waals surface area contributed by atoms with Gasteiger partial charge in [0, 0.05) is 5.56 Å². The van der Waals surface area contributed by atoms with Crippen molar-refractivity contribution in [2.75, 3.05) is 18.5 Å². The van der Waals surface area contributed by atoms with E-state index in [4.69, 9.17) is 32.7 Å². The Morgan fingerprint density at radius 2 is 1.59 bits per heavy atom. The van der Waals surface area contributed by atoms with Gasteiger partial charge in [0.25, 0.3) is 5.91 Å². The maximum Gasteiger partial charge on any atom is 0.348 e. The van der Waals surface area contributed by atoms with Crippen LogP contribution in [0.25, 0.3) is 0 Å². The summed E-state index contributed by atoms with van der Waals surface area (Å²) in [5.41, 5.74) is 0.604. The van der Waals surface area contributed by atoms with E-state index in [1.54, 1.807) is 20.8 Å². The number of phenols is 1. The van der Waals surface area contributed by atoms with Crippen LogP contribution in [0.3, 0.4) is 0 Å². The Bertz CT molecular complexity index is 933. The summed E-state index contributed by atoms with van der Waals surface area (Å²) in [6, 6.07) is 2.48. The summed E-state index contributed by atoms with van der Waals surface area (Å²) in [6.07, 6.45) is 0.353. The molecule has 2 rings (SSSR count). The Morgan fingerprint density at radius 3 is 2.10 bits per heavy atom. The highest BCUT2D eigenvalue weighted by Crippen LogP contribution is 2.37. The topological polar surface area (TPSA) is 102 Å². The SMILES string of the molecule is CCOC(=O)c1sc(NC(=O)c2cc(Cl)c(O)c(Cl)c2)c(C(=O)OCC)c1CC. The number of rotatable bonds is 7. The zero-order valence-electron chi connectivity index (χ0n) is 15.9. The third-order valence-electron chi connectivity index (χ3n) is 3.81. The van der Waals surface area contributed by atoms with Crippen LogP contribution < -0.4 is 5.32 Å². The fourth-order valence-corrected chi connectivity index (χ4v) is 4.20. The van der Waals surface area contributed by atoms with Crippen molar-refractivity contribution in [2.45, 2.75) is 27.2 Å². The van der Waals surface area contributed by atoms with E-state index in [-0.39, 0.29) is 50.0 Å². The number of thiophene rings is 1. The second-order valence-corrected chi connectivity index (χ2v) is 7.49. The fourth-order valence-electron chi connectivity index (χ4n) is 2.54. The molecule has 1 heterocycles. The number of hydrogen-bond acceptors (Lipinski definition) is 7. The van der Waals surface area contributed by atoms with Gasteiger partial charge in [-0.2, -0.15) is 0 Å². The first-order valence-electron chi connectivity index (χ1n) is 8.74. The molecule has 10 heteroatoms. The highest BCUT2D eigenvalue weighted by molar-refractivity contribution is 7.18. The lowest BCUT2D eigenvalue weighted by Crippen LogP contribution is -2.15. The van der Waals surface area contributed by atoms with Crippen LogP contribution in [0, 0.1) is 0 Å². The van der Waals surface area contributed by atoms with E-state index in [0.29, 0.717) is 12.0 Å². The van der Waals surface area contributed by atoms with Gasteiger partial charge in [-0.05, 0) is 38.0 Å². The first kappa shape index (κ1) is 23.0. The maximum absolute atomic E-state index is 12.7. The van der Waals surface area contributed by atoms with Crippen LogP contribution in [0.2, 0.25) is 10.0 Å². The van der Waals surface area contributed by atoms with Crippen molar-refractivity contribution >= 4 is 57.4 Å². The zero-order valence-corrected chi connectivity index (χ0v) is 18.3. The second-order valence-electron chi connectivity index (χ2n) is 5.65. The van der Waals surface area contributed by atoms with E-state index < -0.39 is 17.8 Å². The minimum Gasteiger partial charge on any atom is -0.505 e. The van der Waals surface area contributed by atoms with Crippen LogP contribution in [0.1, 0.15) is 56.7 Å². The quantitative estimate of drug-likeness (QED) is 0.569. The molecule has 29 heavy (non-hydrogen) atoms. The molecule has 0 aliphatic rings. The largest absolute Gasteiger partial charge is 0.505 e. The van der Waals surface area contributed by atoms with Crippen molar-refractivity contribution in [2.24, 2.45) is 0 Å². The Morgan fingerprint density at radius 1 is 1.03 bits per heavy atom. The number of halogens is 2. The van der Waals surface area contributed by atoms with Gasteiger partial charge < -0.3 is 19.9 Å². The smallest absolute Gasteiger partial charge is 0.348 e. The summed E-state index contributed by atoms with van der Waals surface area (Å²) in [7, 11) is 0. The molecule has 7 nitrogen and oxygen atoms in total. The van der Waals surface area contributed by atoms with Gasteiger partial charge in [0.1, 0.15) is 9.88 Å². The van der Waals surface area contributed by atoms with Gasteiger partial charge in [0.05, 0.1) is 28.8 Å². The second kappa shape index (κ2) is 9.96. The van der Waals surface area contributed by atoms with E-state index in [1.165, 1.54) is 12.1 Å². The van der Waals surface area contributed by atoms with Gasteiger partial charge in [-0.25, -0.2) is 9.59 Å². The molecule has 156 valence electrons. The van der Waals surface area contributed by atoms with E-state index in [1.807, 2.05) is 0 Å². The van der Waals surface area contributed by atoms with E-state index in [9.17, 15) is 19.5 Å². The van der Waals surface area contributed by atoms with Crippen LogP contribution in [-0.2, 0) is 15.9 Å². The molecule has 2 aromatic rings. The van der Waals surface area contributed by atoms with Gasteiger partial charge in [-0.1, -0.05) is 30.1 Å². The number of anilines is 1. The van der Waals surface area contributed by atoms with Crippen molar-refractivity contribution in [1.82, 2.24) is 0 Å². The number of hydrogen-bond donors (Lipinski definition) is 2. The maximum atomic E-state index is 12.7. The summed E-state index contributed by atoms with van der Waals surface area (Å²) in [6.45, 7) is 5.40. The molecule has 0 bridgehead atoms. The number of phenolic OH excluding ortho intramolecular Hbond substituents is 1. The Hall–Kier alpha value is -2.29. The van der Waals surface area contributed by atoms with Gasteiger partial charge >= 0.3 is 11.9 Å². The highest BCUT2D eigenvalue weighted by atomic mass is 35.5. The number of benzene rings is 1. The van der Waals surface area contributed by atoms with Crippen LogP contribution in [0.4, 0.5) is 5.00 Å². The summed E-state index contributed by atoms with van der Waals surface area (Å²) in [4.78, 5) is 37.7. The van der Waals surface area contributed by atoms with E-state index >= 15 is 0 Å². The van der Waals surface area contributed by atoms with Gasteiger partial charge in [0.2, 0.25) is 0 Å². The lowest BCUT2D eigenvalue weighted by molar-refractivity contribution is 0.0527. The number of carbonyl (C=O) groups is 3. The standard InChI is InChI=1S/C19H19Cl2NO6S/c1-4-10-13(18(25)27-5-2)17(29-15(10)19(26)28-6-3)22-16(24)9-7-11(20)14(23)12(21)8-9/h7-8,23H,4-6H2,1-3H3,(H,22,24).